The second-order valence-electron chi connectivity index (χ2n) is 4.33. The molecule has 18 heavy (non-hydrogen) atoms. The topological polar surface area (TPSA) is 43.7 Å². The highest BCUT2D eigenvalue weighted by Crippen LogP contribution is 2.21. The number of rotatable bonds is 3. The van der Waals surface area contributed by atoms with Gasteiger partial charge in [-0.05, 0) is 24.1 Å². The van der Waals surface area contributed by atoms with Crippen molar-refractivity contribution in [3.05, 3.63) is 22.7 Å². The summed E-state index contributed by atoms with van der Waals surface area (Å²) in [6, 6.07) is 3.43. The zero-order valence-electron chi connectivity index (χ0n) is 11.9. The fraction of sp³-hybridized carbons (Fsp3) is 0.538. The van der Waals surface area contributed by atoms with E-state index in [2.05, 4.69) is 13.8 Å². The molecule has 0 atom stereocenters. The van der Waals surface area contributed by atoms with Gasteiger partial charge in [-0.25, -0.2) is 0 Å². The Morgan fingerprint density at radius 2 is 1.67 bits per heavy atom. The van der Waals surface area contributed by atoms with E-state index >= 15 is 0 Å². The van der Waals surface area contributed by atoms with Gasteiger partial charge in [0.1, 0.15) is 0 Å². The highest BCUT2D eigenvalue weighted by molar-refractivity contribution is 6.61. The van der Waals surface area contributed by atoms with E-state index in [0.717, 1.165) is 17.7 Å². The Morgan fingerprint density at radius 3 is 2.00 bits per heavy atom. The molecule has 0 radical (unpaired) electrons. The second kappa shape index (κ2) is 8.41. The lowest BCUT2D eigenvalue weighted by Crippen LogP contribution is -2.35. The molecule has 0 aliphatic carbocycles. The summed E-state index contributed by atoms with van der Waals surface area (Å²) in [7, 11) is 2.24. The normalized spacial score (nSPS) is 9.56. The van der Waals surface area contributed by atoms with E-state index in [4.69, 9.17) is 11.6 Å². The SMILES string of the molecule is CCC.CCc1cc(Cl)cc(B(O)O)c1N(C)C. The van der Waals surface area contributed by atoms with E-state index in [0.29, 0.717) is 10.5 Å². The quantitative estimate of drug-likeness (QED) is 0.827. The van der Waals surface area contributed by atoms with Crippen LogP contribution >= 0.6 is 11.6 Å². The molecule has 0 saturated carbocycles. The molecule has 0 aliphatic rings. The number of hydrogen-bond donors (Lipinski definition) is 2. The van der Waals surface area contributed by atoms with Crippen LogP contribution in [0.15, 0.2) is 12.1 Å². The Bertz CT molecular complexity index is 370. The van der Waals surface area contributed by atoms with Crippen molar-refractivity contribution in [2.24, 2.45) is 0 Å². The number of nitrogens with zero attached hydrogens (tertiary/aromatic N) is 1. The molecule has 0 saturated heterocycles. The summed E-state index contributed by atoms with van der Waals surface area (Å²) in [5.74, 6) is 0. The van der Waals surface area contributed by atoms with Crippen molar-refractivity contribution in [2.75, 3.05) is 19.0 Å². The molecule has 1 aromatic carbocycles. The van der Waals surface area contributed by atoms with Gasteiger partial charge in [0.05, 0.1) is 0 Å². The molecule has 0 bridgehead atoms. The summed E-state index contributed by atoms with van der Waals surface area (Å²) in [5, 5.41) is 19.1. The molecule has 0 aliphatic heterocycles. The molecule has 2 N–H and O–H groups in total. The summed E-state index contributed by atoms with van der Waals surface area (Å²) in [5.41, 5.74) is 2.29. The molecule has 0 aromatic heterocycles. The van der Waals surface area contributed by atoms with Crippen molar-refractivity contribution in [3.8, 4) is 0 Å². The van der Waals surface area contributed by atoms with Gasteiger partial charge in [0.2, 0.25) is 0 Å². The van der Waals surface area contributed by atoms with Crippen LogP contribution in [0.25, 0.3) is 0 Å². The third-order valence-electron chi connectivity index (χ3n) is 2.29. The first kappa shape index (κ1) is 17.3. The fourth-order valence-electron chi connectivity index (χ4n) is 1.69. The maximum atomic E-state index is 9.27. The van der Waals surface area contributed by atoms with Crippen LogP contribution in [0.5, 0.6) is 0 Å². The van der Waals surface area contributed by atoms with E-state index in [1.165, 1.54) is 6.42 Å². The predicted molar refractivity (Wildman–Crippen MR) is 80.9 cm³/mol. The minimum atomic E-state index is -1.49. The lowest BCUT2D eigenvalue weighted by atomic mass is 9.77. The van der Waals surface area contributed by atoms with Gasteiger partial charge >= 0.3 is 7.12 Å². The highest BCUT2D eigenvalue weighted by Gasteiger charge is 2.20. The van der Waals surface area contributed by atoms with E-state index < -0.39 is 7.12 Å². The van der Waals surface area contributed by atoms with E-state index in [1.54, 1.807) is 6.07 Å². The van der Waals surface area contributed by atoms with Crippen molar-refractivity contribution in [1.82, 2.24) is 0 Å². The second-order valence-corrected chi connectivity index (χ2v) is 4.77. The largest absolute Gasteiger partial charge is 0.490 e. The highest BCUT2D eigenvalue weighted by atomic mass is 35.5. The van der Waals surface area contributed by atoms with Gasteiger partial charge in [-0.2, -0.15) is 0 Å². The minimum absolute atomic E-state index is 0.448. The lowest BCUT2D eigenvalue weighted by Gasteiger charge is -2.21. The molecular weight excluding hydrogens is 248 g/mol. The van der Waals surface area contributed by atoms with Crippen molar-refractivity contribution < 1.29 is 10.0 Å². The van der Waals surface area contributed by atoms with Crippen LogP contribution in [0.3, 0.4) is 0 Å². The molecular formula is C13H23BClNO2. The Labute approximate surface area is 116 Å². The van der Waals surface area contributed by atoms with Gasteiger partial charge in [0.25, 0.3) is 0 Å². The van der Waals surface area contributed by atoms with Gasteiger partial charge in [-0.1, -0.05) is 38.8 Å². The number of benzene rings is 1. The molecule has 5 heteroatoms. The standard InChI is InChI=1S/C10H15BClNO2.C3H8/c1-4-7-5-8(12)6-9(11(14)15)10(7)13(2)3;1-3-2/h5-6,14-15H,4H2,1-3H3;3H2,1-2H3. The van der Waals surface area contributed by atoms with Crippen LogP contribution < -0.4 is 10.4 Å². The van der Waals surface area contributed by atoms with Crippen LogP contribution in [-0.2, 0) is 6.42 Å². The number of aryl methyl sites for hydroxylation is 1. The summed E-state index contributed by atoms with van der Waals surface area (Å²) < 4.78 is 0. The Hall–Kier alpha value is -0.705. The molecule has 0 unspecified atom stereocenters. The maximum absolute atomic E-state index is 9.27. The fourth-order valence-corrected chi connectivity index (χ4v) is 1.94. The zero-order chi connectivity index (χ0) is 14.3. The van der Waals surface area contributed by atoms with Gasteiger partial charge in [0, 0.05) is 30.3 Å². The summed E-state index contributed by atoms with van der Waals surface area (Å²) >= 11 is 5.91. The van der Waals surface area contributed by atoms with Gasteiger partial charge < -0.3 is 14.9 Å². The van der Waals surface area contributed by atoms with Crippen molar-refractivity contribution in [2.45, 2.75) is 33.6 Å². The molecule has 3 nitrogen and oxygen atoms in total. The van der Waals surface area contributed by atoms with Crippen LogP contribution in [0, 0.1) is 0 Å². The lowest BCUT2D eigenvalue weighted by molar-refractivity contribution is 0.426. The van der Waals surface area contributed by atoms with Crippen LogP contribution in [0.4, 0.5) is 5.69 Å². The van der Waals surface area contributed by atoms with Gasteiger partial charge in [-0.15, -0.1) is 0 Å². The number of hydrogen-bond acceptors (Lipinski definition) is 3. The summed E-state index contributed by atoms with van der Waals surface area (Å²) in [4.78, 5) is 1.87. The van der Waals surface area contributed by atoms with E-state index in [-0.39, 0.29) is 0 Å². The molecule has 0 heterocycles. The molecule has 0 fully saturated rings. The summed E-state index contributed by atoms with van der Waals surface area (Å²) in [6.45, 7) is 6.26. The van der Waals surface area contributed by atoms with E-state index in [9.17, 15) is 10.0 Å². The first-order valence-electron chi connectivity index (χ1n) is 6.24. The first-order valence-corrected chi connectivity index (χ1v) is 6.62. The monoisotopic (exact) mass is 271 g/mol. The predicted octanol–water partition coefficient (Wildman–Crippen LogP) is 2.06. The number of anilines is 1. The Kier molecular flexibility index (Phi) is 8.08. The smallest absolute Gasteiger partial charge is 0.423 e. The van der Waals surface area contributed by atoms with Gasteiger partial charge in [0.15, 0.2) is 0 Å². The van der Waals surface area contributed by atoms with Gasteiger partial charge in [-0.3, -0.25) is 0 Å². The average Bonchev–Trinajstić information content (AvgIpc) is 2.28. The van der Waals surface area contributed by atoms with Crippen LogP contribution in [-0.4, -0.2) is 31.3 Å². The molecule has 102 valence electrons. The number of halogens is 1. The molecule has 1 aromatic rings. The first-order chi connectivity index (χ1) is 8.38. The van der Waals surface area contributed by atoms with Crippen molar-refractivity contribution >= 4 is 29.9 Å². The van der Waals surface area contributed by atoms with Crippen LogP contribution in [0.2, 0.25) is 5.02 Å². The molecule has 1 rings (SSSR count). The average molecular weight is 272 g/mol. The molecule has 0 spiro atoms. The van der Waals surface area contributed by atoms with Crippen molar-refractivity contribution in [1.29, 1.82) is 0 Å². The van der Waals surface area contributed by atoms with Crippen molar-refractivity contribution in [3.63, 3.8) is 0 Å². The zero-order valence-corrected chi connectivity index (χ0v) is 12.6. The Balaban J connectivity index is 0.000000873. The maximum Gasteiger partial charge on any atom is 0.490 e. The third kappa shape index (κ3) is 4.88. The van der Waals surface area contributed by atoms with E-state index in [1.807, 2.05) is 32.0 Å². The van der Waals surface area contributed by atoms with Crippen LogP contribution in [0.1, 0.15) is 32.8 Å². The Morgan fingerprint density at radius 1 is 1.17 bits per heavy atom. The molecule has 0 amide bonds. The minimum Gasteiger partial charge on any atom is -0.423 e. The summed E-state index contributed by atoms with van der Waals surface area (Å²) in [6.07, 6.45) is 2.05. The third-order valence-corrected chi connectivity index (χ3v) is 2.51.